The lowest BCUT2D eigenvalue weighted by Crippen LogP contribution is -2.10. The van der Waals surface area contributed by atoms with Crippen molar-refractivity contribution in [2.24, 2.45) is 0 Å². The lowest BCUT2D eigenvalue weighted by atomic mass is 9.99. The van der Waals surface area contributed by atoms with Gasteiger partial charge >= 0.3 is 5.63 Å². The molecule has 0 unspecified atom stereocenters. The van der Waals surface area contributed by atoms with Gasteiger partial charge in [0, 0.05) is 22.4 Å². The van der Waals surface area contributed by atoms with Crippen LogP contribution in [0.2, 0.25) is 0 Å². The SMILES string of the molecule is Cc1oc2cc3oc(=O)c4c(c3cc2c1C)CCCCC4. The van der Waals surface area contributed by atoms with Crippen molar-refractivity contribution in [2.45, 2.75) is 46.0 Å². The molecule has 3 heteroatoms. The molecule has 0 spiro atoms. The minimum absolute atomic E-state index is 0.168. The first kappa shape index (κ1) is 12.7. The molecule has 0 bridgehead atoms. The molecule has 2 heterocycles. The van der Waals surface area contributed by atoms with Crippen LogP contribution in [0.1, 0.15) is 41.7 Å². The molecule has 0 amide bonds. The third kappa shape index (κ3) is 1.84. The zero-order valence-corrected chi connectivity index (χ0v) is 12.4. The number of fused-ring (bicyclic) bond motifs is 4. The fraction of sp³-hybridized carbons (Fsp3) is 0.389. The second-order valence-corrected chi connectivity index (χ2v) is 6.04. The van der Waals surface area contributed by atoms with Crippen molar-refractivity contribution >= 4 is 21.9 Å². The Bertz CT molecular complexity index is 912. The van der Waals surface area contributed by atoms with Gasteiger partial charge in [0.15, 0.2) is 0 Å². The van der Waals surface area contributed by atoms with Gasteiger partial charge in [-0.1, -0.05) is 6.42 Å². The summed E-state index contributed by atoms with van der Waals surface area (Å²) in [5.74, 6) is 0.925. The molecule has 4 rings (SSSR count). The average Bonchev–Trinajstić information content (AvgIpc) is 2.67. The third-order valence-corrected chi connectivity index (χ3v) is 4.77. The van der Waals surface area contributed by atoms with Crippen LogP contribution in [0.3, 0.4) is 0 Å². The smallest absolute Gasteiger partial charge is 0.339 e. The van der Waals surface area contributed by atoms with Crippen LogP contribution in [0.5, 0.6) is 0 Å². The fourth-order valence-electron chi connectivity index (χ4n) is 3.46. The summed E-state index contributed by atoms with van der Waals surface area (Å²) in [6, 6.07) is 4.01. The molecule has 3 aromatic rings. The number of aryl methyl sites for hydroxylation is 3. The minimum Gasteiger partial charge on any atom is -0.461 e. The van der Waals surface area contributed by atoms with Crippen LogP contribution in [0.15, 0.2) is 25.8 Å². The lowest BCUT2D eigenvalue weighted by molar-refractivity contribution is 0.544. The molecule has 0 fully saturated rings. The van der Waals surface area contributed by atoms with Crippen molar-refractivity contribution in [1.82, 2.24) is 0 Å². The van der Waals surface area contributed by atoms with Crippen molar-refractivity contribution in [3.05, 3.63) is 45.0 Å². The Labute approximate surface area is 122 Å². The Morgan fingerprint density at radius 3 is 2.38 bits per heavy atom. The highest BCUT2D eigenvalue weighted by molar-refractivity contribution is 5.96. The Kier molecular flexibility index (Phi) is 2.71. The van der Waals surface area contributed by atoms with Gasteiger partial charge in [-0.05, 0) is 56.7 Å². The molecule has 21 heavy (non-hydrogen) atoms. The average molecular weight is 282 g/mol. The van der Waals surface area contributed by atoms with Gasteiger partial charge in [-0.15, -0.1) is 0 Å². The monoisotopic (exact) mass is 282 g/mol. The maximum atomic E-state index is 12.2. The Morgan fingerprint density at radius 2 is 1.57 bits per heavy atom. The summed E-state index contributed by atoms with van der Waals surface area (Å²) in [7, 11) is 0. The van der Waals surface area contributed by atoms with Crippen LogP contribution in [0.4, 0.5) is 0 Å². The highest BCUT2D eigenvalue weighted by Crippen LogP contribution is 2.32. The van der Waals surface area contributed by atoms with E-state index < -0.39 is 0 Å². The maximum absolute atomic E-state index is 12.2. The van der Waals surface area contributed by atoms with E-state index in [2.05, 4.69) is 13.0 Å². The molecule has 2 aromatic heterocycles. The molecule has 0 saturated carbocycles. The van der Waals surface area contributed by atoms with Crippen molar-refractivity contribution in [3.8, 4) is 0 Å². The molecule has 1 aliphatic carbocycles. The van der Waals surface area contributed by atoms with Gasteiger partial charge in [0.1, 0.15) is 16.9 Å². The number of rotatable bonds is 0. The Morgan fingerprint density at radius 1 is 0.857 bits per heavy atom. The molecular weight excluding hydrogens is 264 g/mol. The van der Waals surface area contributed by atoms with Crippen LogP contribution >= 0.6 is 0 Å². The van der Waals surface area contributed by atoms with Crippen LogP contribution in [0.25, 0.3) is 21.9 Å². The van der Waals surface area contributed by atoms with E-state index in [-0.39, 0.29) is 5.63 Å². The summed E-state index contributed by atoms with van der Waals surface area (Å²) < 4.78 is 11.3. The first-order valence-electron chi connectivity index (χ1n) is 7.63. The van der Waals surface area contributed by atoms with E-state index in [0.717, 1.165) is 53.4 Å². The number of hydrogen-bond donors (Lipinski definition) is 0. The quantitative estimate of drug-likeness (QED) is 0.452. The summed E-state index contributed by atoms with van der Waals surface area (Å²) >= 11 is 0. The predicted molar refractivity (Wildman–Crippen MR) is 83.0 cm³/mol. The summed E-state index contributed by atoms with van der Waals surface area (Å²) in [5.41, 5.74) is 4.53. The zero-order valence-electron chi connectivity index (χ0n) is 12.4. The Balaban J connectivity index is 2.14. The van der Waals surface area contributed by atoms with Crippen molar-refractivity contribution in [3.63, 3.8) is 0 Å². The normalized spacial score (nSPS) is 15.3. The first-order valence-corrected chi connectivity index (χ1v) is 7.63. The second kappa shape index (κ2) is 4.48. The molecule has 0 N–H and O–H groups in total. The molecule has 0 radical (unpaired) electrons. The number of furan rings is 1. The molecule has 1 aliphatic rings. The van der Waals surface area contributed by atoms with Gasteiger partial charge in [-0.3, -0.25) is 0 Å². The summed E-state index contributed by atoms with van der Waals surface area (Å²) in [6.07, 6.45) is 5.22. The topological polar surface area (TPSA) is 43.4 Å². The third-order valence-electron chi connectivity index (χ3n) is 4.77. The highest BCUT2D eigenvalue weighted by atomic mass is 16.4. The van der Waals surface area contributed by atoms with E-state index in [0.29, 0.717) is 5.58 Å². The minimum atomic E-state index is -0.168. The summed E-state index contributed by atoms with van der Waals surface area (Å²) in [6.45, 7) is 4.04. The van der Waals surface area contributed by atoms with Gasteiger partial charge in [-0.25, -0.2) is 4.79 Å². The highest BCUT2D eigenvalue weighted by Gasteiger charge is 2.18. The zero-order chi connectivity index (χ0) is 14.6. The molecule has 0 saturated heterocycles. The second-order valence-electron chi connectivity index (χ2n) is 6.04. The molecule has 0 aliphatic heterocycles. The van der Waals surface area contributed by atoms with E-state index in [4.69, 9.17) is 8.83 Å². The maximum Gasteiger partial charge on any atom is 0.339 e. The van der Waals surface area contributed by atoms with Gasteiger partial charge in [0.25, 0.3) is 0 Å². The van der Waals surface area contributed by atoms with E-state index in [1.54, 1.807) is 0 Å². The fourth-order valence-corrected chi connectivity index (χ4v) is 3.46. The van der Waals surface area contributed by atoms with Crippen LogP contribution in [-0.2, 0) is 12.8 Å². The van der Waals surface area contributed by atoms with Crippen LogP contribution < -0.4 is 5.63 Å². The van der Waals surface area contributed by atoms with E-state index >= 15 is 0 Å². The van der Waals surface area contributed by atoms with Gasteiger partial charge in [0.2, 0.25) is 0 Å². The van der Waals surface area contributed by atoms with Gasteiger partial charge in [-0.2, -0.15) is 0 Å². The molecular formula is C18H18O3. The predicted octanol–water partition coefficient (Wildman–Crippen LogP) is 4.42. The van der Waals surface area contributed by atoms with Gasteiger partial charge < -0.3 is 8.83 Å². The van der Waals surface area contributed by atoms with Crippen LogP contribution in [-0.4, -0.2) is 0 Å². The van der Waals surface area contributed by atoms with Crippen molar-refractivity contribution in [1.29, 1.82) is 0 Å². The van der Waals surface area contributed by atoms with Crippen LogP contribution in [0, 0.1) is 13.8 Å². The lowest BCUT2D eigenvalue weighted by Gasteiger charge is -2.08. The van der Waals surface area contributed by atoms with E-state index in [1.165, 1.54) is 17.5 Å². The van der Waals surface area contributed by atoms with Crippen molar-refractivity contribution in [2.75, 3.05) is 0 Å². The standard InChI is InChI=1S/C18H18O3/c1-10-11(2)20-16-9-17-15(8-14(10)16)12-6-4-3-5-7-13(12)18(19)21-17/h8-9H,3-7H2,1-2H3. The molecule has 1 aromatic carbocycles. The summed E-state index contributed by atoms with van der Waals surface area (Å²) in [4.78, 5) is 12.2. The number of benzene rings is 1. The molecule has 0 atom stereocenters. The van der Waals surface area contributed by atoms with Crippen molar-refractivity contribution < 1.29 is 8.83 Å². The Hall–Kier alpha value is -2.03. The number of hydrogen-bond acceptors (Lipinski definition) is 3. The van der Waals surface area contributed by atoms with Gasteiger partial charge in [0.05, 0.1) is 0 Å². The summed E-state index contributed by atoms with van der Waals surface area (Å²) in [5, 5.41) is 2.21. The first-order chi connectivity index (χ1) is 10.1. The largest absolute Gasteiger partial charge is 0.461 e. The molecule has 3 nitrogen and oxygen atoms in total. The van der Waals surface area contributed by atoms with E-state index in [1.807, 2.05) is 13.0 Å². The molecule has 108 valence electrons. The van der Waals surface area contributed by atoms with E-state index in [9.17, 15) is 4.79 Å².